The van der Waals surface area contributed by atoms with Gasteiger partial charge in [-0.3, -0.25) is 4.74 Å². The zero-order chi connectivity index (χ0) is 13.8. The van der Waals surface area contributed by atoms with E-state index in [4.69, 9.17) is 18.0 Å². The van der Waals surface area contributed by atoms with Crippen LogP contribution in [0.25, 0.3) is 0 Å². The van der Waals surface area contributed by atoms with Crippen molar-refractivity contribution in [1.29, 1.82) is 0 Å². The first-order valence-corrected chi connectivity index (χ1v) is 5.52. The third-order valence-corrected chi connectivity index (χ3v) is 2.50. The normalized spacial score (nSPS) is 11.3. The molecule has 0 radical (unpaired) electrons. The number of hydrogen-bond donors (Lipinski definition) is 1. The van der Waals surface area contributed by atoms with E-state index in [0.717, 1.165) is 5.69 Å². The Kier molecular flexibility index (Phi) is 4.92. The Hall–Kier alpha value is -1.34. The monoisotopic (exact) mass is 278 g/mol. The number of thiocarbonyl (C=S) groups is 1. The van der Waals surface area contributed by atoms with Gasteiger partial charge in [0.2, 0.25) is 0 Å². The van der Waals surface area contributed by atoms with E-state index in [1.54, 1.807) is 36.2 Å². The SMILES string of the molecule is CN(CCOC(F)(F)F)c1cccc(C(N)=S)c1. The highest BCUT2D eigenvalue weighted by molar-refractivity contribution is 7.80. The summed E-state index contributed by atoms with van der Waals surface area (Å²) in [4.78, 5) is 1.88. The van der Waals surface area contributed by atoms with Crippen LogP contribution in [0.5, 0.6) is 0 Å². The third-order valence-electron chi connectivity index (χ3n) is 2.26. The standard InChI is InChI=1S/C11H13F3N2OS/c1-16(5-6-17-11(12,13)14)9-4-2-3-8(7-9)10(15)18/h2-4,7H,5-6H2,1H3,(H2,15,18). The molecular weight excluding hydrogens is 265 g/mol. The smallest absolute Gasteiger partial charge is 0.389 e. The van der Waals surface area contributed by atoms with Crippen LogP contribution in [0.4, 0.5) is 18.9 Å². The maximum absolute atomic E-state index is 11.8. The number of nitrogens with two attached hydrogens (primary N) is 1. The molecule has 18 heavy (non-hydrogen) atoms. The molecule has 0 amide bonds. The molecule has 0 saturated heterocycles. The Morgan fingerprint density at radius 2 is 2.11 bits per heavy atom. The molecule has 0 aromatic heterocycles. The second-order valence-electron chi connectivity index (χ2n) is 3.63. The molecule has 0 fully saturated rings. The van der Waals surface area contributed by atoms with Crippen molar-refractivity contribution < 1.29 is 17.9 Å². The lowest BCUT2D eigenvalue weighted by Crippen LogP contribution is -2.26. The highest BCUT2D eigenvalue weighted by Crippen LogP contribution is 2.17. The first-order chi connectivity index (χ1) is 8.29. The maximum Gasteiger partial charge on any atom is 0.522 e. The van der Waals surface area contributed by atoms with E-state index in [0.29, 0.717) is 5.56 Å². The van der Waals surface area contributed by atoms with E-state index in [2.05, 4.69) is 4.74 Å². The zero-order valence-electron chi connectivity index (χ0n) is 9.70. The average molecular weight is 278 g/mol. The first kappa shape index (κ1) is 14.7. The van der Waals surface area contributed by atoms with E-state index < -0.39 is 13.0 Å². The van der Waals surface area contributed by atoms with Crippen LogP contribution in [-0.2, 0) is 4.74 Å². The topological polar surface area (TPSA) is 38.5 Å². The second-order valence-corrected chi connectivity index (χ2v) is 4.07. The number of rotatable bonds is 5. The number of ether oxygens (including phenoxy) is 1. The van der Waals surface area contributed by atoms with Crippen LogP contribution < -0.4 is 10.6 Å². The fourth-order valence-corrected chi connectivity index (χ4v) is 1.45. The van der Waals surface area contributed by atoms with Gasteiger partial charge in [-0.15, -0.1) is 13.2 Å². The van der Waals surface area contributed by atoms with Crippen molar-refractivity contribution in [3.63, 3.8) is 0 Å². The van der Waals surface area contributed by atoms with Crippen LogP contribution in [0, 0.1) is 0 Å². The number of hydrogen-bond acceptors (Lipinski definition) is 3. The molecule has 0 heterocycles. The predicted molar refractivity (Wildman–Crippen MR) is 67.6 cm³/mol. The molecule has 7 heteroatoms. The van der Waals surface area contributed by atoms with Crippen LogP contribution in [-0.4, -0.2) is 31.6 Å². The third kappa shape index (κ3) is 4.89. The number of anilines is 1. The van der Waals surface area contributed by atoms with Crippen molar-refractivity contribution in [2.75, 3.05) is 25.1 Å². The first-order valence-electron chi connectivity index (χ1n) is 5.11. The van der Waals surface area contributed by atoms with E-state index in [-0.39, 0.29) is 11.5 Å². The van der Waals surface area contributed by atoms with Crippen molar-refractivity contribution >= 4 is 22.9 Å². The molecule has 100 valence electrons. The summed E-state index contributed by atoms with van der Waals surface area (Å²) in [6.07, 6.45) is -4.60. The number of alkyl halides is 3. The van der Waals surface area contributed by atoms with Crippen molar-refractivity contribution in [2.45, 2.75) is 6.36 Å². The van der Waals surface area contributed by atoms with Gasteiger partial charge in [0.25, 0.3) is 0 Å². The summed E-state index contributed by atoms with van der Waals surface area (Å²) in [6, 6.07) is 6.96. The fourth-order valence-electron chi connectivity index (χ4n) is 1.32. The molecule has 0 aliphatic heterocycles. The molecule has 0 aliphatic carbocycles. The minimum atomic E-state index is -4.60. The van der Waals surface area contributed by atoms with Crippen LogP contribution in [0.1, 0.15) is 5.56 Å². The Labute approximate surface area is 108 Å². The lowest BCUT2D eigenvalue weighted by Gasteiger charge is -2.20. The van der Waals surface area contributed by atoms with Gasteiger partial charge in [-0.25, -0.2) is 0 Å². The van der Waals surface area contributed by atoms with Crippen molar-refractivity contribution in [1.82, 2.24) is 0 Å². The number of likely N-dealkylation sites (N-methyl/N-ethyl adjacent to an activating group) is 1. The zero-order valence-corrected chi connectivity index (χ0v) is 10.5. The van der Waals surface area contributed by atoms with Gasteiger partial charge in [-0.2, -0.15) is 0 Å². The molecule has 2 N–H and O–H groups in total. The summed E-state index contributed by atoms with van der Waals surface area (Å²) in [7, 11) is 1.67. The summed E-state index contributed by atoms with van der Waals surface area (Å²) in [6.45, 7) is -0.322. The van der Waals surface area contributed by atoms with E-state index in [1.807, 2.05) is 0 Å². The minimum absolute atomic E-state index is 0.111. The largest absolute Gasteiger partial charge is 0.522 e. The molecule has 1 aromatic rings. The highest BCUT2D eigenvalue weighted by atomic mass is 32.1. The molecule has 0 aliphatic rings. The van der Waals surface area contributed by atoms with Gasteiger partial charge in [0.1, 0.15) is 4.99 Å². The molecule has 1 rings (SSSR count). The number of nitrogens with zero attached hydrogens (tertiary/aromatic N) is 1. The number of halogens is 3. The van der Waals surface area contributed by atoms with Gasteiger partial charge in [0.15, 0.2) is 0 Å². The Morgan fingerprint density at radius 1 is 1.44 bits per heavy atom. The average Bonchev–Trinajstić information content (AvgIpc) is 2.27. The van der Waals surface area contributed by atoms with Gasteiger partial charge < -0.3 is 10.6 Å². The molecular formula is C11H13F3N2OS. The van der Waals surface area contributed by atoms with Crippen LogP contribution in [0.15, 0.2) is 24.3 Å². The van der Waals surface area contributed by atoms with Crippen molar-refractivity contribution in [3.8, 4) is 0 Å². The fraction of sp³-hybridized carbons (Fsp3) is 0.364. The molecule has 0 unspecified atom stereocenters. The summed E-state index contributed by atoms with van der Waals surface area (Å²) >= 11 is 4.83. The van der Waals surface area contributed by atoms with Gasteiger partial charge in [-0.1, -0.05) is 24.4 Å². The predicted octanol–water partition coefficient (Wildman–Crippen LogP) is 2.29. The second kappa shape index (κ2) is 6.01. The van der Waals surface area contributed by atoms with E-state index in [1.165, 1.54) is 0 Å². The Balaban J connectivity index is 2.59. The lowest BCUT2D eigenvalue weighted by atomic mass is 10.2. The molecule has 0 spiro atoms. The van der Waals surface area contributed by atoms with Crippen LogP contribution in [0.3, 0.4) is 0 Å². The molecule has 1 aromatic carbocycles. The minimum Gasteiger partial charge on any atom is -0.389 e. The van der Waals surface area contributed by atoms with Crippen molar-refractivity contribution in [2.24, 2.45) is 5.73 Å². The molecule has 0 bridgehead atoms. The molecule has 0 saturated carbocycles. The van der Waals surface area contributed by atoms with Gasteiger partial charge in [0, 0.05) is 24.8 Å². The van der Waals surface area contributed by atoms with E-state index in [9.17, 15) is 13.2 Å². The maximum atomic E-state index is 11.8. The Morgan fingerprint density at radius 3 is 2.67 bits per heavy atom. The number of benzene rings is 1. The summed E-state index contributed by atoms with van der Waals surface area (Å²) in [5.74, 6) is 0. The van der Waals surface area contributed by atoms with Gasteiger partial charge in [0.05, 0.1) is 6.61 Å². The molecule has 0 atom stereocenters. The quantitative estimate of drug-likeness (QED) is 0.839. The van der Waals surface area contributed by atoms with Crippen molar-refractivity contribution in [3.05, 3.63) is 29.8 Å². The van der Waals surface area contributed by atoms with E-state index >= 15 is 0 Å². The summed E-state index contributed by atoms with van der Waals surface area (Å²) in [5, 5.41) is 0. The van der Waals surface area contributed by atoms with Crippen LogP contribution >= 0.6 is 12.2 Å². The highest BCUT2D eigenvalue weighted by Gasteiger charge is 2.28. The molecule has 3 nitrogen and oxygen atoms in total. The van der Waals surface area contributed by atoms with Gasteiger partial charge >= 0.3 is 6.36 Å². The summed E-state index contributed by atoms with van der Waals surface area (Å²) in [5.41, 5.74) is 6.88. The lowest BCUT2D eigenvalue weighted by molar-refractivity contribution is -0.323. The Bertz CT molecular complexity index is 423. The van der Waals surface area contributed by atoms with Gasteiger partial charge in [-0.05, 0) is 12.1 Å². The summed E-state index contributed by atoms with van der Waals surface area (Å²) < 4.78 is 39.1. The van der Waals surface area contributed by atoms with Crippen LogP contribution in [0.2, 0.25) is 0 Å².